The van der Waals surface area contributed by atoms with Crippen LogP contribution in [0.4, 0.5) is 0 Å². The molecule has 0 bridgehead atoms. The number of hydrogen-bond donors (Lipinski definition) is 2. The van der Waals surface area contributed by atoms with Gasteiger partial charge >= 0.3 is 5.63 Å². The van der Waals surface area contributed by atoms with E-state index in [1.807, 2.05) is 40.7 Å². The number of amides is 2. The molecule has 0 radical (unpaired) electrons. The lowest BCUT2D eigenvalue weighted by atomic mass is 9.91. The molecule has 0 saturated heterocycles. The quantitative estimate of drug-likeness (QED) is 0.555. The Hall–Kier alpha value is -3.03. The summed E-state index contributed by atoms with van der Waals surface area (Å²) in [6, 6.07) is 1.18. The molecule has 1 aliphatic carbocycles. The van der Waals surface area contributed by atoms with E-state index in [9.17, 15) is 14.4 Å². The first-order chi connectivity index (χ1) is 16.6. The van der Waals surface area contributed by atoms with Crippen LogP contribution >= 0.6 is 0 Å². The highest BCUT2D eigenvalue weighted by molar-refractivity contribution is 5.93. The van der Waals surface area contributed by atoms with Gasteiger partial charge in [-0.2, -0.15) is 0 Å². The second-order valence-electron chi connectivity index (χ2n) is 10.5. The van der Waals surface area contributed by atoms with E-state index in [1.54, 1.807) is 0 Å². The van der Waals surface area contributed by atoms with Crippen molar-refractivity contribution in [1.29, 1.82) is 0 Å². The standard InChI is InChI=1S/C27H36N2O6/c1-6-8-19(25(31)28-15(2)3)29-22(30)14-33-21-13-20-18(11-12-27(4,5)35-20)24-23(21)16-9-7-10-17(16)26(32)34-24/h13,15,19H,6-12,14H2,1-5H3,(H,28,31)(H,29,30)/t19-/m0/s1. The first kappa shape index (κ1) is 25.1. The lowest BCUT2D eigenvalue weighted by Gasteiger charge is -2.33. The zero-order valence-electron chi connectivity index (χ0n) is 21.3. The molecular formula is C27H36N2O6. The minimum absolute atomic E-state index is 0.0159. The lowest BCUT2D eigenvalue weighted by Crippen LogP contribution is -2.49. The number of ether oxygens (including phenoxy) is 2. The predicted molar refractivity (Wildman–Crippen MR) is 133 cm³/mol. The Bertz CT molecular complexity index is 1200. The zero-order valence-corrected chi connectivity index (χ0v) is 21.3. The summed E-state index contributed by atoms with van der Waals surface area (Å²) in [6.07, 6.45) is 5.14. The van der Waals surface area contributed by atoms with E-state index in [2.05, 4.69) is 10.6 Å². The molecule has 0 fully saturated rings. The molecule has 0 saturated carbocycles. The third kappa shape index (κ3) is 5.31. The van der Waals surface area contributed by atoms with E-state index < -0.39 is 6.04 Å². The molecule has 2 heterocycles. The predicted octanol–water partition coefficient (Wildman–Crippen LogP) is 3.57. The molecule has 1 aromatic heterocycles. The summed E-state index contributed by atoms with van der Waals surface area (Å²) in [5, 5.41) is 6.41. The van der Waals surface area contributed by atoms with Gasteiger partial charge in [-0.05, 0) is 71.8 Å². The maximum absolute atomic E-state index is 12.8. The Morgan fingerprint density at radius 3 is 2.57 bits per heavy atom. The number of hydrogen-bond acceptors (Lipinski definition) is 6. The van der Waals surface area contributed by atoms with Gasteiger partial charge in [-0.1, -0.05) is 13.3 Å². The molecule has 1 atom stereocenters. The summed E-state index contributed by atoms with van der Waals surface area (Å²) in [6.45, 7) is 9.50. The van der Waals surface area contributed by atoms with E-state index in [0.29, 0.717) is 35.5 Å². The summed E-state index contributed by atoms with van der Waals surface area (Å²) in [4.78, 5) is 38.0. The molecule has 4 rings (SSSR count). The fourth-order valence-corrected chi connectivity index (χ4v) is 4.99. The van der Waals surface area contributed by atoms with Crippen molar-refractivity contribution in [2.45, 2.75) is 97.2 Å². The van der Waals surface area contributed by atoms with Crippen LogP contribution < -0.4 is 25.7 Å². The molecule has 8 heteroatoms. The van der Waals surface area contributed by atoms with Gasteiger partial charge in [0.05, 0.1) is 5.39 Å². The van der Waals surface area contributed by atoms with Crippen LogP contribution in [0.25, 0.3) is 11.0 Å². The SMILES string of the molecule is CCC[C@H](NC(=O)COc1cc2c(c3oc(=O)c4c(c13)CCC4)CCC(C)(C)O2)C(=O)NC(C)C. The Morgan fingerprint density at radius 2 is 1.86 bits per heavy atom. The second kappa shape index (κ2) is 9.91. The van der Waals surface area contributed by atoms with Gasteiger partial charge in [0.25, 0.3) is 5.91 Å². The number of aryl methyl sites for hydroxylation is 2. The fraction of sp³-hybridized carbons (Fsp3) is 0.593. The summed E-state index contributed by atoms with van der Waals surface area (Å²) >= 11 is 0. The van der Waals surface area contributed by atoms with Crippen molar-refractivity contribution in [3.8, 4) is 11.5 Å². The molecule has 190 valence electrons. The van der Waals surface area contributed by atoms with E-state index >= 15 is 0 Å². The van der Waals surface area contributed by atoms with Crippen LogP contribution in [-0.4, -0.2) is 36.1 Å². The average Bonchev–Trinajstić information content (AvgIpc) is 3.26. The number of carbonyl (C=O) groups excluding carboxylic acids is 2. The van der Waals surface area contributed by atoms with Crippen molar-refractivity contribution in [1.82, 2.24) is 10.6 Å². The topological polar surface area (TPSA) is 107 Å². The van der Waals surface area contributed by atoms with Gasteiger partial charge in [0.1, 0.15) is 28.7 Å². The summed E-state index contributed by atoms with van der Waals surface area (Å²) in [5.41, 5.74) is 2.35. The highest BCUT2D eigenvalue weighted by Gasteiger charge is 2.32. The molecule has 0 unspecified atom stereocenters. The lowest BCUT2D eigenvalue weighted by molar-refractivity contribution is -0.130. The number of nitrogens with one attached hydrogen (secondary N) is 2. The first-order valence-electron chi connectivity index (χ1n) is 12.7. The highest BCUT2D eigenvalue weighted by atomic mass is 16.5. The van der Waals surface area contributed by atoms with Crippen LogP contribution in [0.2, 0.25) is 0 Å². The zero-order chi connectivity index (χ0) is 25.3. The molecule has 1 aromatic carbocycles. The van der Waals surface area contributed by atoms with Gasteiger partial charge in [-0.25, -0.2) is 4.79 Å². The van der Waals surface area contributed by atoms with Gasteiger partial charge in [0.15, 0.2) is 6.61 Å². The van der Waals surface area contributed by atoms with Gasteiger partial charge < -0.3 is 24.5 Å². The van der Waals surface area contributed by atoms with Crippen molar-refractivity contribution >= 4 is 22.8 Å². The number of carbonyl (C=O) groups is 2. The van der Waals surface area contributed by atoms with Crippen LogP contribution in [-0.2, 0) is 28.9 Å². The monoisotopic (exact) mass is 484 g/mol. The molecule has 2 amide bonds. The van der Waals surface area contributed by atoms with E-state index in [1.165, 1.54) is 0 Å². The van der Waals surface area contributed by atoms with Crippen LogP contribution in [0.1, 0.15) is 77.0 Å². The van der Waals surface area contributed by atoms with Crippen LogP contribution in [0.3, 0.4) is 0 Å². The largest absolute Gasteiger partial charge is 0.487 e. The molecule has 35 heavy (non-hydrogen) atoms. The Morgan fingerprint density at radius 1 is 1.11 bits per heavy atom. The minimum atomic E-state index is -0.620. The van der Waals surface area contributed by atoms with E-state index in [-0.39, 0.29) is 35.7 Å². The number of benzene rings is 1. The van der Waals surface area contributed by atoms with Gasteiger partial charge in [-0.15, -0.1) is 0 Å². The minimum Gasteiger partial charge on any atom is -0.487 e. The highest BCUT2D eigenvalue weighted by Crippen LogP contribution is 2.44. The number of fused-ring (bicyclic) bond motifs is 5. The Labute approximate surface area is 205 Å². The van der Waals surface area contributed by atoms with Crippen LogP contribution in [0, 0.1) is 0 Å². The van der Waals surface area contributed by atoms with Crippen LogP contribution in [0.15, 0.2) is 15.3 Å². The molecule has 2 N–H and O–H groups in total. The average molecular weight is 485 g/mol. The number of rotatable bonds is 8. The normalized spacial score (nSPS) is 16.9. The third-order valence-electron chi connectivity index (χ3n) is 6.65. The van der Waals surface area contributed by atoms with E-state index in [4.69, 9.17) is 13.9 Å². The van der Waals surface area contributed by atoms with Crippen LogP contribution in [0.5, 0.6) is 11.5 Å². The second-order valence-corrected chi connectivity index (χ2v) is 10.5. The Kier molecular flexibility index (Phi) is 7.10. The molecular weight excluding hydrogens is 448 g/mol. The maximum Gasteiger partial charge on any atom is 0.339 e. The molecule has 2 aliphatic rings. The smallest absolute Gasteiger partial charge is 0.339 e. The molecule has 1 aliphatic heterocycles. The summed E-state index contributed by atoms with van der Waals surface area (Å²) < 4.78 is 18.1. The van der Waals surface area contributed by atoms with Gasteiger partial charge in [0, 0.05) is 23.2 Å². The van der Waals surface area contributed by atoms with Crippen molar-refractivity contribution in [2.24, 2.45) is 0 Å². The van der Waals surface area contributed by atoms with E-state index in [0.717, 1.165) is 48.6 Å². The maximum atomic E-state index is 12.8. The summed E-state index contributed by atoms with van der Waals surface area (Å²) in [7, 11) is 0. The first-order valence-corrected chi connectivity index (χ1v) is 12.7. The van der Waals surface area contributed by atoms with Crippen molar-refractivity contribution < 1.29 is 23.5 Å². The van der Waals surface area contributed by atoms with Crippen molar-refractivity contribution in [3.05, 3.63) is 33.2 Å². The van der Waals surface area contributed by atoms with Gasteiger partial charge in [0.2, 0.25) is 5.91 Å². The van der Waals surface area contributed by atoms with Crippen molar-refractivity contribution in [3.63, 3.8) is 0 Å². The van der Waals surface area contributed by atoms with Crippen molar-refractivity contribution in [2.75, 3.05) is 6.61 Å². The summed E-state index contributed by atoms with van der Waals surface area (Å²) in [5.74, 6) is 0.491. The Balaban J connectivity index is 1.64. The third-order valence-corrected chi connectivity index (χ3v) is 6.65. The molecule has 8 nitrogen and oxygen atoms in total. The molecule has 2 aromatic rings. The fourth-order valence-electron chi connectivity index (χ4n) is 4.99. The van der Waals surface area contributed by atoms with Gasteiger partial charge in [-0.3, -0.25) is 9.59 Å². The molecule has 0 spiro atoms.